The molecule has 0 spiro atoms. The first kappa shape index (κ1) is 10.5. The van der Waals surface area contributed by atoms with E-state index in [9.17, 15) is 4.79 Å². The molecule has 3 heteroatoms. The predicted molar refractivity (Wildman–Crippen MR) is 60.4 cm³/mol. The lowest BCUT2D eigenvalue weighted by atomic mass is 9.97. The molecule has 2 rings (SSSR count). The highest BCUT2D eigenvalue weighted by Crippen LogP contribution is 2.48. The molecule has 0 aromatic carbocycles. The van der Waals surface area contributed by atoms with Crippen molar-refractivity contribution in [2.45, 2.75) is 32.6 Å². The zero-order chi connectivity index (χ0) is 10.2. The Labute approximate surface area is 94.2 Å². The van der Waals surface area contributed by atoms with E-state index in [0.29, 0.717) is 17.2 Å². The second-order valence-corrected chi connectivity index (χ2v) is 5.61. The van der Waals surface area contributed by atoms with E-state index in [2.05, 4.69) is 27.8 Å². The van der Waals surface area contributed by atoms with Gasteiger partial charge in [-0.1, -0.05) is 22.9 Å². The fraction of sp³-hybridized carbons (Fsp3) is 0.909. The summed E-state index contributed by atoms with van der Waals surface area (Å²) in [6, 6.07) is 0. The van der Waals surface area contributed by atoms with Gasteiger partial charge in [-0.2, -0.15) is 0 Å². The average molecular weight is 260 g/mol. The van der Waals surface area contributed by atoms with Gasteiger partial charge in [0.15, 0.2) is 0 Å². The molecular formula is C11H18BrNO. The molecule has 1 unspecified atom stereocenters. The number of carbonyl (C=O) groups excluding carboxylic acids is 1. The van der Waals surface area contributed by atoms with Gasteiger partial charge in [0.25, 0.3) is 0 Å². The van der Waals surface area contributed by atoms with Gasteiger partial charge in [-0.15, -0.1) is 0 Å². The molecule has 14 heavy (non-hydrogen) atoms. The van der Waals surface area contributed by atoms with Gasteiger partial charge in [0.05, 0.1) is 0 Å². The van der Waals surface area contributed by atoms with E-state index >= 15 is 0 Å². The van der Waals surface area contributed by atoms with Crippen molar-refractivity contribution in [1.82, 2.24) is 4.90 Å². The van der Waals surface area contributed by atoms with Crippen molar-refractivity contribution in [1.29, 1.82) is 0 Å². The number of hydrogen-bond acceptors (Lipinski definition) is 1. The summed E-state index contributed by atoms with van der Waals surface area (Å²) in [5.41, 5.74) is 0.441. The maximum absolute atomic E-state index is 11.7. The maximum Gasteiger partial charge on any atom is 0.222 e. The lowest BCUT2D eigenvalue weighted by Crippen LogP contribution is -2.41. The number of rotatable bonds is 3. The second-order valence-electron chi connectivity index (χ2n) is 5.05. The Kier molecular flexibility index (Phi) is 2.87. The highest BCUT2D eigenvalue weighted by molar-refractivity contribution is 9.09. The van der Waals surface area contributed by atoms with Crippen molar-refractivity contribution >= 4 is 21.8 Å². The molecule has 2 aliphatic rings. The standard InChI is InChI=1S/C11H18BrNO/c1-9-2-5-13(10(14)6-9)8-11(7-12)3-4-11/h9H,2-8H2,1H3. The molecule has 0 radical (unpaired) electrons. The van der Waals surface area contributed by atoms with E-state index in [4.69, 9.17) is 0 Å². The Hall–Kier alpha value is -0.0500. The highest BCUT2D eigenvalue weighted by atomic mass is 79.9. The summed E-state index contributed by atoms with van der Waals surface area (Å²) < 4.78 is 0. The highest BCUT2D eigenvalue weighted by Gasteiger charge is 2.44. The van der Waals surface area contributed by atoms with Gasteiger partial charge in [0.2, 0.25) is 5.91 Å². The van der Waals surface area contributed by atoms with Gasteiger partial charge < -0.3 is 4.90 Å². The third-order valence-electron chi connectivity index (χ3n) is 3.53. The molecule has 1 aliphatic heterocycles. The third kappa shape index (κ3) is 2.13. The van der Waals surface area contributed by atoms with Crippen LogP contribution in [0.1, 0.15) is 32.6 Å². The van der Waals surface area contributed by atoms with Crippen molar-refractivity contribution < 1.29 is 4.79 Å². The Balaban J connectivity index is 1.89. The van der Waals surface area contributed by atoms with E-state index in [-0.39, 0.29) is 0 Å². The molecular weight excluding hydrogens is 242 g/mol. The molecule has 0 aromatic rings. The Morgan fingerprint density at radius 3 is 2.79 bits per heavy atom. The second kappa shape index (κ2) is 3.84. The smallest absolute Gasteiger partial charge is 0.222 e. The zero-order valence-corrected chi connectivity index (χ0v) is 10.3. The van der Waals surface area contributed by atoms with Gasteiger partial charge in [0.1, 0.15) is 0 Å². The minimum absolute atomic E-state index is 0.371. The molecule has 1 atom stereocenters. The summed E-state index contributed by atoms with van der Waals surface area (Å²) in [6.45, 7) is 4.14. The van der Waals surface area contributed by atoms with Crippen LogP contribution in [0.2, 0.25) is 0 Å². The van der Waals surface area contributed by atoms with Crippen molar-refractivity contribution in [3.05, 3.63) is 0 Å². The Morgan fingerprint density at radius 1 is 1.57 bits per heavy atom. The van der Waals surface area contributed by atoms with Crippen LogP contribution in [0.25, 0.3) is 0 Å². The number of piperidine rings is 1. The molecule has 80 valence electrons. The summed E-state index contributed by atoms with van der Waals surface area (Å²) in [5.74, 6) is 0.967. The molecule has 1 saturated carbocycles. The number of carbonyl (C=O) groups is 1. The topological polar surface area (TPSA) is 20.3 Å². The monoisotopic (exact) mass is 259 g/mol. The van der Waals surface area contributed by atoms with E-state index in [1.54, 1.807) is 0 Å². The zero-order valence-electron chi connectivity index (χ0n) is 8.76. The maximum atomic E-state index is 11.7. The summed E-state index contributed by atoms with van der Waals surface area (Å²) in [6.07, 6.45) is 4.53. The number of nitrogens with zero attached hydrogens (tertiary/aromatic N) is 1. The van der Waals surface area contributed by atoms with Crippen molar-refractivity contribution in [3.63, 3.8) is 0 Å². The molecule has 1 aliphatic carbocycles. The normalized spacial score (nSPS) is 30.6. The van der Waals surface area contributed by atoms with Gasteiger partial charge in [-0.25, -0.2) is 0 Å². The quantitative estimate of drug-likeness (QED) is 0.714. The summed E-state index contributed by atoms with van der Waals surface area (Å²) >= 11 is 3.55. The van der Waals surface area contributed by atoms with Crippen LogP contribution in [0, 0.1) is 11.3 Å². The molecule has 1 heterocycles. The molecule has 0 bridgehead atoms. The van der Waals surface area contributed by atoms with Crippen molar-refractivity contribution in [2.24, 2.45) is 11.3 Å². The summed E-state index contributed by atoms with van der Waals surface area (Å²) in [7, 11) is 0. The largest absolute Gasteiger partial charge is 0.342 e. The van der Waals surface area contributed by atoms with Crippen LogP contribution in [0.15, 0.2) is 0 Å². The van der Waals surface area contributed by atoms with Gasteiger partial charge in [-0.05, 0) is 30.6 Å². The van der Waals surface area contributed by atoms with Crippen molar-refractivity contribution in [2.75, 3.05) is 18.4 Å². The minimum atomic E-state index is 0.371. The van der Waals surface area contributed by atoms with Crippen LogP contribution in [0.5, 0.6) is 0 Å². The van der Waals surface area contributed by atoms with Gasteiger partial charge in [-0.3, -0.25) is 4.79 Å². The first-order chi connectivity index (χ1) is 6.65. The lowest BCUT2D eigenvalue weighted by molar-refractivity contribution is -0.135. The third-order valence-corrected chi connectivity index (χ3v) is 4.72. The van der Waals surface area contributed by atoms with Crippen molar-refractivity contribution in [3.8, 4) is 0 Å². The molecule has 0 N–H and O–H groups in total. The van der Waals surface area contributed by atoms with Crippen LogP contribution >= 0.6 is 15.9 Å². The van der Waals surface area contributed by atoms with Crippen LogP contribution < -0.4 is 0 Å². The van der Waals surface area contributed by atoms with E-state index < -0.39 is 0 Å². The number of hydrogen-bond donors (Lipinski definition) is 0. The lowest BCUT2D eigenvalue weighted by Gasteiger charge is -2.32. The molecule has 2 nitrogen and oxygen atoms in total. The molecule has 1 saturated heterocycles. The fourth-order valence-corrected chi connectivity index (χ4v) is 2.85. The molecule has 2 fully saturated rings. The molecule has 1 amide bonds. The number of amides is 1. The fourth-order valence-electron chi connectivity index (χ4n) is 2.11. The van der Waals surface area contributed by atoms with Crippen LogP contribution in [0.4, 0.5) is 0 Å². The Bertz CT molecular complexity index is 237. The van der Waals surface area contributed by atoms with E-state index in [1.807, 2.05) is 0 Å². The van der Waals surface area contributed by atoms with Gasteiger partial charge in [0, 0.05) is 24.8 Å². The SMILES string of the molecule is CC1CCN(CC2(CBr)CC2)C(=O)C1. The number of halogens is 1. The number of likely N-dealkylation sites (tertiary alicyclic amines) is 1. The molecule has 0 aromatic heterocycles. The predicted octanol–water partition coefficient (Wildman–Crippen LogP) is 2.42. The average Bonchev–Trinajstić information content (AvgIpc) is 2.91. The first-order valence-corrected chi connectivity index (χ1v) is 6.61. The van der Waals surface area contributed by atoms with E-state index in [1.165, 1.54) is 19.3 Å². The summed E-state index contributed by atoms with van der Waals surface area (Å²) in [4.78, 5) is 13.8. The first-order valence-electron chi connectivity index (χ1n) is 5.49. The van der Waals surface area contributed by atoms with E-state index in [0.717, 1.165) is 24.8 Å². The Morgan fingerprint density at radius 2 is 2.29 bits per heavy atom. The number of alkyl halides is 1. The van der Waals surface area contributed by atoms with Crippen LogP contribution in [0.3, 0.4) is 0 Å². The van der Waals surface area contributed by atoms with Crippen LogP contribution in [-0.2, 0) is 4.79 Å². The van der Waals surface area contributed by atoms with Gasteiger partial charge >= 0.3 is 0 Å². The minimum Gasteiger partial charge on any atom is -0.342 e. The van der Waals surface area contributed by atoms with Crippen LogP contribution in [-0.4, -0.2) is 29.2 Å². The summed E-state index contributed by atoms with van der Waals surface area (Å²) in [5, 5.41) is 1.05.